The molecule has 0 aromatic rings. The molecule has 0 atom stereocenters. The number of hydrogen-bond acceptors (Lipinski definition) is 2. The van der Waals surface area contributed by atoms with E-state index >= 15 is 0 Å². The van der Waals surface area contributed by atoms with E-state index < -0.39 is 0 Å². The lowest BCUT2D eigenvalue weighted by molar-refractivity contribution is -0.121. The number of nitrogens with two attached hydrogens (primary N) is 1. The lowest BCUT2D eigenvalue weighted by atomic mass is 9.84. The summed E-state index contributed by atoms with van der Waals surface area (Å²) in [6, 6.07) is 0.414. The predicted octanol–water partition coefficient (Wildman–Crippen LogP) is 1.42. The third-order valence-electron chi connectivity index (χ3n) is 3.16. The SMILES string of the molecule is CCC1CCC(NC(=O)CCN)CC1. The predicted molar refractivity (Wildman–Crippen MR) is 57.9 cm³/mol. The summed E-state index contributed by atoms with van der Waals surface area (Å²) in [5.41, 5.74) is 5.32. The minimum absolute atomic E-state index is 0.118. The molecule has 0 aromatic carbocycles. The summed E-state index contributed by atoms with van der Waals surface area (Å²) in [6.07, 6.45) is 6.58. The van der Waals surface area contributed by atoms with Crippen molar-refractivity contribution in [2.45, 2.75) is 51.5 Å². The first-order valence-electron chi connectivity index (χ1n) is 5.75. The van der Waals surface area contributed by atoms with Crippen LogP contribution in [0.15, 0.2) is 0 Å². The second kappa shape index (κ2) is 6.02. The maximum absolute atomic E-state index is 11.3. The molecule has 3 nitrogen and oxygen atoms in total. The van der Waals surface area contributed by atoms with Crippen molar-refractivity contribution in [3.8, 4) is 0 Å². The quantitative estimate of drug-likeness (QED) is 0.718. The van der Waals surface area contributed by atoms with Crippen LogP contribution in [-0.4, -0.2) is 18.5 Å². The van der Waals surface area contributed by atoms with Gasteiger partial charge in [-0.2, -0.15) is 0 Å². The second-order valence-electron chi connectivity index (χ2n) is 4.23. The van der Waals surface area contributed by atoms with Gasteiger partial charge in [-0.3, -0.25) is 4.79 Å². The summed E-state index contributed by atoms with van der Waals surface area (Å²) in [5, 5.41) is 3.05. The number of rotatable bonds is 4. The van der Waals surface area contributed by atoms with Gasteiger partial charge < -0.3 is 11.1 Å². The molecule has 14 heavy (non-hydrogen) atoms. The molecule has 1 aliphatic carbocycles. The normalized spacial score (nSPS) is 27.3. The Labute approximate surface area is 86.4 Å². The molecule has 3 heteroatoms. The van der Waals surface area contributed by atoms with Crippen LogP contribution in [0.1, 0.15) is 45.4 Å². The standard InChI is InChI=1S/C11H22N2O/c1-2-9-3-5-10(6-4-9)13-11(14)7-8-12/h9-10H,2-8,12H2,1H3,(H,13,14). The third kappa shape index (κ3) is 3.66. The molecule has 82 valence electrons. The summed E-state index contributed by atoms with van der Waals surface area (Å²) in [5.74, 6) is 1.00. The fraction of sp³-hybridized carbons (Fsp3) is 0.909. The van der Waals surface area contributed by atoms with Crippen molar-refractivity contribution < 1.29 is 4.79 Å². The van der Waals surface area contributed by atoms with Crippen LogP contribution < -0.4 is 11.1 Å². The van der Waals surface area contributed by atoms with Crippen molar-refractivity contribution in [1.29, 1.82) is 0 Å². The topological polar surface area (TPSA) is 55.1 Å². The van der Waals surface area contributed by atoms with E-state index in [1.165, 1.54) is 19.3 Å². The maximum atomic E-state index is 11.3. The van der Waals surface area contributed by atoms with E-state index in [4.69, 9.17) is 5.73 Å². The van der Waals surface area contributed by atoms with E-state index in [-0.39, 0.29) is 5.91 Å². The van der Waals surface area contributed by atoms with Crippen molar-refractivity contribution in [3.05, 3.63) is 0 Å². The van der Waals surface area contributed by atoms with Gasteiger partial charge in [-0.1, -0.05) is 13.3 Å². The van der Waals surface area contributed by atoms with E-state index in [9.17, 15) is 4.79 Å². The molecule has 1 rings (SSSR count). The van der Waals surface area contributed by atoms with E-state index in [2.05, 4.69) is 12.2 Å². The van der Waals surface area contributed by atoms with Crippen LogP contribution in [0.5, 0.6) is 0 Å². The van der Waals surface area contributed by atoms with Gasteiger partial charge in [0.15, 0.2) is 0 Å². The van der Waals surface area contributed by atoms with Gasteiger partial charge in [-0.05, 0) is 31.6 Å². The molecular formula is C11H22N2O. The first kappa shape index (κ1) is 11.5. The second-order valence-corrected chi connectivity index (χ2v) is 4.23. The van der Waals surface area contributed by atoms with E-state index in [0.29, 0.717) is 19.0 Å². The van der Waals surface area contributed by atoms with Crippen LogP contribution >= 0.6 is 0 Å². The molecule has 0 saturated heterocycles. The fourth-order valence-electron chi connectivity index (χ4n) is 2.15. The van der Waals surface area contributed by atoms with Crippen molar-refractivity contribution in [2.24, 2.45) is 11.7 Å². The van der Waals surface area contributed by atoms with Gasteiger partial charge in [0.25, 0.3) is 0 Å². The van der Waals surface area contributed by atoms with Crippen molar-refractivity contribution in [1.82, 2.24) is 5.32 Å². The smallest absolute Gasteiger partial charge is 0.221 e. The Hall–Kier alpha value is -0.570. The minimum atomic E-state index is 0.118. The fourth-order valence-corrected chi connectivity index (χ4v) is 2.15. The van der Waals surface area contributed by atoms with Gasteiger partial charge in [0.2, 0.25) is 5.91 Å². The van der Waals surface area contributed by atoms with Crippen LogP contribution in [0.4, 0.5) is 0 Å². The Morgan fingerprint density at radius 1 is 1.36 bits per heavy atom. The van der Waals surface area contributed by atoms with Gasteiger partial charge in [0.1, 0.15) is 0 Å². The van der Waals surface area contributed by atoms with Crippen molar-refractivity contribution in [2.75, 3.05) is 6.54 Å². The van der Waals surface area contributed by atoms with Crippen LogP contribution in [-0.2, 0) is 4.79 Å². The van der Waals surface area contributed by atoms with Crippen LogP contribution in [0.25, 0.3) is 0 Å². The Kier molecular flexibility index (Phi) is 4.94. The molecule has 0 spiro atoms. The molecule has 1 fully saturated rings. The summed E-state index contributed by atoms with van der Waals surface area (Å²) in [4.78, 5) is 11.3. The molecular weight excluding hydrogens is 176 g/mol. The number of hydrogen-bond donors (Lipinski definition) is 2. The van der Waals surface area contributed by atoms with Gasteiger partial charge >= 0.3 is 0 Å². The lowest BCUT2D eigenvalue weighted by Crippen LogP contribution is -2.38. The van der Waals surface area contributed by atoms with Crippen LogP contribution in [0.2, 0.25) is 0 Å². The molecule has 1 aliphatic rings. The highest BCUT2D eigenvalue weighted by Crippen LogP contribution is 2.26. The first-order valence-corrected chi connectivity index (χ1v) is 5.75. The highest BCUT2D eigenvalue weighted by Gasteiger charge is 2.20. The molecule has 1 amide bonds. The summed E-state index contributed by atoms with van der Waals surface area (Å²) < 4.78 is 0. The Morgan fingerprint density at radius 3 is 2.50 bits per heavy atom. The molecule has 1 saturated carbocycles. The zero-order valence-electron chi connectivity index (χ0n) is 9.09. The highest BCUT2D eigenvalue weighted by atomic mass is 16.1. The molecule has 0 aliphatic heterocycles. The van der Waals surface area contributed by atoms with Gasteiger partial charge in [-0.15, -0.1) is 0 Å². The lowest BCUT2D eigenvalue weighted by Gasteiger charge is -2.28. The third-order valence-corrected chi connectivity index (χ3v) is 3.16. The molecule has 0 heterocycles. The summed E-state index contributed by atoms with van der Waals surface area (Å²) in [6.45, 7) is 2.70. The largest absolute Gasteiger partial charge is 0.353 e. The molecule has 0 radical (unpaired) electrons. The van der Waals surface area contributed by atoms with Crippen molar-refractivity contribution in [3.63, 3.8) is 0 Å². The van der Waals surface area contributed by atoms with E-state index in [1.54, 1.807) is 0 Å². The summed E-state index contributed by atoms with van der Waals surface area (Å²) in [7, 11) is 0. The van der Waals surface area contributed by atoms with Gasteiger partial charge in [-0.25, -0.2) is 0 Å². The number of carbonyl (C=O) groups is 1. The minimum Gasteiger partial charge on any atom is -0.353 e. The zero-order chi connectivity index (χ0) is 10.4. The zero-order valence-corrected chi connectivity index (χ0v) is 9.09. The Balaban J connectivity index is 2.18. The van der Waals surface area contributed by atoms with Crippen LogP contribution in [0, 0.1) is 5.92 Å². The monoisotopic (exact) mass is 198 g/mol. The average molecular weight is 198 g/mol. The Bertz CT molecular complexity index is 174. The van der Waals surface area contributed by atoms with Crippen molar-refractivity contribution >= 4 is 5.91 Å². The summed E-state index contributed by atoms with van der Waals surface area (Å²) >= 11 is 0. The average Bonchev–Trinajstić information content (AvgIpc) is 2.19. The number of carbonyl (C=O) groups excluding carboxylic acids is 1. The van der Waals surface area contributed by atoms with Gasteiger partial charge in [0.05, 0.1) is 0 Å². The molecule has 3 N–H and O–H groups in total. The maximum Gasteiger partial charge on any atom is 0.221 e. The molecule has 0 unspecified atom stereocenters. The van der Waals surface area contributed by atoms with E-state index in [0.717, 1.165) is 18.8 Å². The Morgan fingerprint density at radius 2 is 2.00 bits per heavy atom. The molecule has 0 bridgehead atoms. The van der Waals surface area contributed by atoms with E-state index in [1.807, 2.05) is 0 Å². The number of nitrogens with one attached hydrogen (secondary N) is 1. The van der Waals surface area contributed by atoms with Gasteiger partial charge in [0, 0.05) is 19.0 Å². The number of amides is 1. The highest BCUT2D eigenvalue weighted by molar-refractivity contribution is 5.76. The first-order chi connectivity index (χ1) is 6.76. The van der Waals surface area contributed by atoms with Crippen LogP contribution in [0.3, 0.4) is 0 Å². The molecule has 0 aromatic heterocycles.